The standard InChI is InChI=1S/C16H27NO/c1-16(2,3)14-5-4-6-15(8-7-14)17-11-13-9-10-18-12-13/h9-10,12,14-15,17H,4-8,11H2,1-3H3. The molecule has 2 atom stereocenters. The Kier molecular flexibility index (Phi) is 4.50. The Bertz CT molecular complexity index is 336. The first-order valence-electron chi connectivity index (χ1n) is 7.30. The fraction of sp³-hybridized carbons (Fsp3) is 0.750. The molecule has 1 aromatic heterocycles. The molecule has 1 heterocycles. The molecule has 0 spiro atoms. The van der Waals surface area contributed by atoms with E-state index in [0.29, 0.717) is 11.5 Å². The van der Waals surface area contributed by atoms with Crippen LogP contribution in [0.4, 0.5) is 0 Å². The van der Waals surface area contributed by atoms with Crippen LogP contribution in [-0.4, -0.2) is 6.04 Å². The molecule has 2 nitrogen and oxygen atoms in total. The highest BCUT2D eigenvalue weighted by Crippen LogP contribution is 2.36. The molecule has 1 aromatic rings. The highest BCUT2D eigenvalue weighted by atomic mass is 16.3. The van der Waals surface area contributed by atoms with Crippen LogP contribution in [-0.2, 0) is 6.54 Å². The maximum absolute atomic E-state index is 5.10. The van der Waals surface area contributed by atoms with Gasteiger partial charge >= 0.3 is 0 Å². The molecule has 2 rings (SSSR count). The summed E-state index contributed by atoms with van der Waals surface area (Å²) in [5.41, 5.74) is 1.73. The van der Waals surface area contributed by atoms with Crippen molar-refractivity contribution in [3.05, 3.63) is 24.2 Å². The van der Waals surface area contributed by atoms with E-state index in [1.54, 1.807) is 6.26 Å². The van der Waals surface area contributed by atoms with Crippen molar-refractivity contribution in [2.75, 3.05) is 0 Å². The van der Waals surface area contributed by atoms with Gasteiger partial charge in [0.05, 0.1) is 12.5 Å². The van der Waals surface area contributed by atoms with Crippen LogP contribution >= 0.6 is 0 Å². The summed E-state index contributed by atoms with van der Waals surface area (Å²) in [6.07, 6.45) is 10.4. The van der Waals surface area contributed by atoms with Crippen molar-refractivity contribution in [3.8, 4) is 0 Å². The molecule has 18 heavy (non-hydrogen) atoms. The third kappa shape index (κ3) is 3.88. The van der Waals surface area contributed by atoms with E-state index >= 15 is 0 Å². The Morgan fingerprint density at radius 3 is 2.72 bits per heavy atom. The lowest BCUT2D eigenvalue weighted by atomic mass is 9.76. The Labute approximate surface area is 111 Å². The fourth-order valence-corrected chi connectivity index (χ4v) is 3.03. The molecule has 0 amide bonds. The molecule has 1 aliphatic rings. The first-order valence-corrected chi connectivity index (χ1v) is 7.30. The zero-order chi connectivity index (χ0) is 13.0. The van der Waals surface area contributed by atoms with Gasteiger partial charge in [0.25, 0.3) is 0 Å². The molecule has 0 bridgehead atoms. The van der Waals surface area contributed by atoms with E-state index in [4.69, 9.17) is 4.42 Å². The molecule has 1 aliphatic carbocycles. The monoisotopic (exact) mass is 249 g/mol. The summed E-state index contributed by atoms with van der Waals surface area (Å²) in [6, 6.07) is 2.73. The number of hydrogen-bond donors (Lipinski definition) is 1. The van der Waals surface area contributed by atoms with Crippen LogP contribution in [0.25, 0.3) is 0 Å². The first-order chi connectivity index (χ1) is 8.55. The van der Waals surface area contributed by atoms with Gasteiger partial charge in [0, 0.05) is 18.2 Å². The summed E-state index contributed by atoms with van der Waals surface area (Å²) in [7, 11) is 0. The highest BCUT2D eigenvalue weighted by Gasteiger charge is 2.27. The van der Waals surface area contributed by atoms with Gasteiger partial charge in [-0.2, -0.15) is 0 Å². The van der Waals surface area contributed by atoms with Gasteiger partial charge in [-0.15, -0.1) is 0 Å². The zero-order valence-electron chi connectivity index (χ0n) is 12.0. The minimum atomic E-state index is 0.472. The number of furan rings is 1. The Balaban J connectivity index is 1.78. The summed E-state index contributed by atoms with van der Waals surface area (Å²) in [4.78, 5) is 0. The third-order valence-electron chi connectivity index (χ3n) is 4.37. The number of rotatable bonds is 3. The first kappa shape index (κ1) is 13.7. The van der Waals surface area contributed by atoms with E-state index < -0.39 is 0 Å². The summed E-state index contributed by atoms with van der Waals surface area (Å²) in [5.74, 6) is 0.887. The van der Waals surface area contributed by atoms with Crippen LogP contribution in [0, 0.1) is 11.3 Å². The second-order valence-electron chi connectivity index (χ2n) is 6.78. The normalized spacial score (nSPS) is 25.9. The quantitative estimate of drug-likeness (QED) is 0.805. The molecule has 1 N–H and O–H groups in total. The zero-order valence-corrected chi connectivity index (χ0v) is 12.0. The van der Waals surface area contributed by atoms with E-state index in [1.165, 1.54) is 37.7 Å². The average Bonchev–Trinajstić information content (AvgIpc) is 2.69. The summed E-state index contributed by atoms with van der Waals surface area (Å²) in [5, 5.41) is 3.68. The molecule has 2 unspecified atom stereocenters. The average molecular weight is 249 g/mol. The van der Waals surface area contributed by atoms with Gasteiger partial charge in [0.15, 0.2) is 0 Å². The third-order valence-corrected chi connectivity index (χ3v) is 4.37. The van der Waals surface area contributed by atoms with E-state index in [1.807, 2.05) is 12.3 Å². The van der Waals surface area contributed by atoms with Crippen LogP contribution < -0.4 is 5.32 Å². The van der Waals surface area contributed by atoms with Crippen LogP contribution in [0.5, 0.6) is 0 Å². The van der Waals surface area contributed by atoms with Gasteiger partial charge in [-0.1, -0.05) is 27.2 Å². The van der Waals surface area contributed by atoms with Crippen molar-refractivity contribution >= 4 is 0 Å². The summed E-state index contributed by atoms with van der Waals surface area (Å²) >= 11 is 0. The van der Waals surface area contributed by atoms with E-state index in [9.17, 15) is 0 Å². The van der Waals surface area contributed by atoms with E-state index in [-0.39, 0.29) is 0 Å². The lowest BCUT2D eigenvalue weighted by molar-refractivity contribution is 0.213. The predicted molar refractivity (Wildman–Crippen MR) is 75.4 cm³/mol. The second kappa shape index (κ2) is 5.92. The Morgan fingerprint density at radius 2 is 2.06 bits per heavy atom. The van der Waals surface area contributed by atoms with Crippen LogP contribution in [0.1, 0.15) is 58.4 Å². The van der Waals surface area contributed by atoms with Gasteiger partial charge in [-0.3, -0.25) is 0 Å². The van der Waals surface area contributed by atoms with Crippen molar-refractivity contribution in [2.24, 2.45) is 11.3 Å². The van der Waals surface area contributed by atoms with Gasteiger partial charge in [0.1, 0.15) is 0 Å². The minimum Gasteiger partial charge on any atom is -0.472 e. The van der Waals surface area contributed by atoms with E-state index in [2.05, 4.69) is 26.1 Å². The summed E-state index contributed by atoms with van der Waals surface area (Å²) in [6.45, 7) is 8.10. The van der Waals surface area contributed by atoms with Crippen LogP contribution in [0.3, 0.4) is 0 Å². The lowest BCUT2D eigenvalue weighted by Crippen LogP contribution is -2.28. The molecule has 1 fully saturated rings. The molecule has 0 saturated heterocycles. The molecule has 102 valence electrons. The van der Waals surface area contributed by atoms with Crippen molar-refractivity contribution in [3.63, 3.8) is 0 Å². The molecular weight excluding hydrogens is 222 g/mol. The summed E-state index contributed by atoms with van der Waals surface area (Å²) < 4.78 is 5.10. The van der Waals surface area contributed by atoms with Gasteiger partial charge in [-0.05, 0) is 43.1 Å². The number of nitrogens with one attached hydrogen (secondary N) is 1. The topological polar surface area (TPSA) is 25.2 Å². The minimum absolute atomic E-state index is 0.472. The maximum Gasteiger partial charge on any atom is 0.0947 e. The van der Waals surface area contributed by atoms with Crippen molar-refractivity contribution in [2.45, 2.75) is 65.5 Å². The van der Waals surface area contributed by atoms with Crippen LogP contribution in [0.15, 0.2) is 23.0 Å². The molecular formula is C16H27NO. The van der Waals surface area contributed by atoms with Gasteiger partial charge in [-0.25, -0.2) is 0 Å². The smallest absolute Gasteiger partial charge is 0.0947 e. The highest BCUT2D eigenvalue weighted by molar-refractivity contribution is 5.04. The second-order valence-corrected chi connectivity index (χ2v) is 6.78. The van der Waals surface area contributed by atoms with Crippen molar-refractivity contribution < 1.29 is 4.42 Å². The van der Waals surface area contributed by atoms with Gasteiger partial charge < -0.3 is 9.73 Å². The van der Waals surface area contributed by atoms with E-state index in [0.717, 1.165) is 12.5 Å². The van der Waals surface area contributed by atoms with Crippen LogP contribution in [0.2, 0.25) is 0 Å². The Morgan fingerprint density at radius 1 is 1.22 bits per heavy atom. The van der Waals surface area contributed by atoms with Crippen molar-refractivity contribution in [1.82, 2.24) is 5.32 Å². The van der Waals surface area contributed by atoms with Gasteiger partial charge in [0.2, 0.25) is 0 Å². The van der Waals surface area contributed by atoms with Crippen molar-refractivity contribution in [1.29, 1.82) is 0 Å². The largest absolute Gasteiger partial charge is 0.472 e. The molecule has 1 saturated carbocycles. The number of hydrogen-bond acceptors (Lipinski definition) is 2. The molecule has 0 aliphatic heterocycles. The fourth-order valence-electron chi connectivity index (χ4n) is 3.03. The molecule has 2 heteroatoms. The Hall–Kier alpha value is -0.760. The maximum atomic E-state index is 5.10. The molecule has 0 radical (unpaired) electrons. The predicted octanol–water partition coefficient (Wildman–Crippen LogP) is 4.36. The SMILES string of the molecule is CC(C)(C)C1CCCC(NCc2ccoc2)CC1. The lowest BCUT2D eigenvalue weighted by Gasteiger charge is -2.29. The molecule has 0 aromatic carbocycles.